The molecule has 1 aromatic heterocycles. The number of benzene rings is 1. The first kappa shape index (κ1) is 16.5. The van der Waals surface area contributed by atoms with E-state index in [0.717, 1.165) is 18.8 Å². The smallest absolute Gasteiger partial charge is 0.252 e. The highest BCUT2D eigenvalue weighted by Crippen LogP contribution is 2.23. The van der Waals surface area contributed by atoms with Crippen LogP contribution in [0.25, 0.3) is 0 Å². The van der Waals surface area contributed by atoms with Crippen LogP contribution in [0.1, 0.15) is 25.1 Å². The molecular formula is C16H21N5O2. The van der Waals surface area contributed by atoms with Crippen LogP contribution in [0.2, 0.25) is 0 Å². The predicted molar refractivity (Wildman–Crippen MR) is 92.5 cm³/mol. The topological polar surface area (TPSA) is 93.6 Å². The quantitative estimate of drug-likeness (QED) is 0.560. The fraction of sp³-hybridized carbons (Fsp3) is 0.312. The van der Waals surface area contributed by atoms with Crippen molar-refractivity contribution in [3.8, 4) is 5.75 Å². The molecule has 1 aromatic carbocycles. The van der Waals surface area contributed by atoms with Crippen molar-refractivity contribution in [2.45, 2.75) is 20.8 Å². The normalized spacial score (nSPS) is 10.9. The molecule has 0 atom stereocenters. The van der Waals surface area contributed by atoms with Crippen molar-refractivity contribution in [2.24, 2.45) is 5.10 Å². The highest BCUT2D eigenvalue weighted by molar-refractivity contribution is 5.84. The summed E-state index contributed by atoms with van der Waals surface area (Å²) >= 11 is 0. The molecule has 1 heterocycles. The van der Waals surface area contributed by atoms with Gasteiger partial charge in [0, 0.05) is 42.2 Å². The number of H-pyrrole nitrogens is 1. The molecule has 0 fully saturated rings. The second-order valence-corrected chi connectivity index (χ2v) is 5.02. The number of phenolic OH excluding ortho intramolecular Hbond substituents is 1. The molecule has 3 N–H and O–H groups in total. The van der Waals surface area contributed by atoms with Crippen LogP contribution in [0.15, 0.2) is 34.2 Å². The Labute approximate surface area is 134 Å². The first-order valence-corrected chi connectivity index (χ1v) is 7.48. The fourth-order valence-corrected chi connectivity index (χ4v) is 2.22. The Balaban J connectivity index is 2.12. The van der Waals surface area contributed by atoms with E-state index in [9.17, 15) is 9.90 Å². The summed E-state index contributed by atoms with van der Waals surface area (Å²) in [5.41, 5.74) is 4.52. The lowest BCUT2D eigenvalue weighted by Crippen LogP contribution is -2.21. The minimum atomic E-state index is -0.248. The van der Waals surface area contributed by atoms with Gasteiger partial charge >= 0.3 is 0 Å². The molecule has 0 radical (unpaired) electrons. The molecule has 0 aliphatic heterocycles. The molecule has 0 amide bonds. The number of aromatic amines is 1. The number of aromatic hydroxyl groups is 1. The van der Waals surface area contributed by atoms with Crippen molar-refractivity contribution in [1.82, 2.24) is 9.97 Å². The van der Waals surface area contributed by atoms with Gasteiger partial charge in [-0.15, -0.1) is 0 Å². The van der Waals surface area contributed by atoms with Crippen molar-refractivity contribution in [3.05, 3.63) is 45.9 Å². The van der Waals surface area contributed by atoms with Crippen LogP contribution < -0.4 is 15.9 Å². The van der Waals surface area contributed by atoms with Gasteiger partial charge in [0.15, 0.2) is 0 Å². The van der Waals surface area contributed by atoms with Gasteiger partial charge < -0.3 is 10.0 Å². The summed E-state index contributed by atoms with van der Waals surface area (Å²) in [6.45, 7) is 7.60. The molecule has 2 rings (SSSR count). The lowest BCUT2D eigenvalue weighted by atomic mass is 10.2. The molecule has 23 heavy (non-hydrogen) atoms. The van der Waals surface area contributed by atoms with Crippen molar-refractivity contribution >= 4 is 17.9 Å². The third-order valence-electron chi connectivity index (χ3n) is 3.39. The van der Waals surface area contributed by atoms with E-state index in [4.69, 9.17) is 0 Å². The average Bonchev–Trinajstić information content (AvgIpc) is 2.49. The van der Waals surface area contributed by atoms with E-state index in [1.165, 1.54) is 12.3 Å². The van der Waals surface area contributed by atoms with E-state index in [1.807, 2.05) is 6.07 Å². The highest BCUT2D eigenvalue weighted by Gasteiger charge is 2.05. The Bertz CT molecular complexity index is 750. The van der Waals surface area contributed by atoms with Gasteiger partial charge in [0.2, 0.25) is 5.95 Å². The number of aromatic nitrogens is 2. The lowest BCUT2D eigenvalue weighted by molar-refractivity contribution is 0.474. The van der Waals surface area contributed by atoms with Crippen LogP contribution >= 0.6 is 0 Å². The summed E-state index contributed by atoms with van der Waals surface area (Å²) in [4.78, 5) is 20.1. The Hall–Kier alpha value is -2.83. The van der Waals surface area contributed by atoms with E-state index in [2.05, 4.69) is 39.2 Å². The van der Waals surface area contributed by atoms with Crippen molar-refractivity contribution in [2.75, 3.05) is 23.4 Å². The highest BCUT2D eigenvalue weighted by atomic mass is 16.3. The summed E-state index contributed by atoms with van der Waals surface area (Å²) in [5, 5.41) is 14.1. The fourth-order valence-electron chi connectivity index (χ4n) is 2.22. The summed E-state index contributed by atoms with van der Waals surface area (Å²) in [5.74, 6) is 0.399. The monoisotopic (exact) mass is 315 g/mol. The lowest BCUT2D eigenvalue weighted by Gasteiger charge is -2.21. The zero-order valence-electron chi connectivity index (χ0n) is 13.5. The molecule has 0 aliphatic rings. The van der Waals surface area contributed by atoms with Crippen LogP contribution in [-0.2, 0) is 0 Å². The number of nitrogens with one attached hydrogen (secondary N) is 2. The first-order chi connectivity index (χ1) is 11.0. The number of phenols is 1. The number of nitrogens with zero attached hydrogens (tertiary/aromatic N) is 3. The number of hydrazone groups is 1. The number of hydrogen-bond donors (Lipinski definition) is 3. The molecular weight excluding hydrogens is 294 g/mol. The molecule has 7 nitrogen and oxygen atoms in total. The SMILES string of the molecule is CCN(CC)c1ccc(C=NNc2nc(C)cc(=O)[nH]2)c(O)c1. The van der Waals surface area contributed by atoms with Gasteiger partial charge in [-0.25, -0.2) is 10.4 Å². The molecule has 0 bridgehead atoms. The molecule has 0 saturated carbocycles. The van der Waals surface area contributed by atoms with Gasteiger partial charge in [-0.3, -0.25) is 9.78 Å². The summed E-state index contributed by atoms with van der Waals surface area (Å²) in [6, 6.07) is 6.83. The number of rotatable bonds is 6. The standard InChI is InChI=1S/C16H21N5O2/c1-4-21(5-2)13-7-6-12(14(22)9-13)10-17-20-16-18-11(3)8-15(23)19-16/h6-10,22H,4-5H2,1-3H3,(H2,18,19,20,23). The zero-order chi connectivity index (χ0) is 16.8. The van der Waals surface area contributed by atoms with Gasteiger partial charge in [-0.05, 0) is 32.9 Å². The molecule has 0 saturated heterocycles. The van der Waals surface area contributed by atoms with E-state index < -0.39 is 0 Å². The third kappa shape index (κ3) is 4.32. The van der Waals surface area contributed by atoms with Crippen LogP contribution in [0.3, 0.4) is 0 Å². The minimum Gasteiger partial charge on any atom is -0.507 e. The Morgan fingerprint density at radius 3 is 2.70 bits per heavy atom. The van der Waals surface area contributed by atoms with Crippen LogP contribution in [0.5, 0.6) is 5.75 Å². The number of anilines is 2. The number of aryl methyl sites for hydroxylation is 1. The van der Waals surface area contributed by atoms with E-state index in [1.54, 1.807) is 19.1 Å². The van der Waals surface area contributed by atoms with Crippen LogP contribution in [0.4, 0.5) is 11.6 Å². The Morgan fingerprint density at radius 1 is 1.35 bits per heavy atom. The summed E-state index contributed by atoms with van der Waals surface area (Å²) in [6.07, 6.45) is 1.48. The predicted octanol–water partition coefficient (Wildman–Crippen LogP) is 2.08. The third-order valence-corrected chi connectivity index (χ3v) is 3.39. The van der Waals surface area contributed by atoms with Gasteiger partial charge in [0.05, 0.1) is 6.21 Å². The summed E-state index contributed by atoms with van der Waals surface area (Å²) < 4.78 is 0. The zero-order valence-corrected chi connectivity index (χ0v) is 13.5. The maximum absolute atomic E-state index is 11.3. The van der Waals surface area contributed by atoms with E-state index in [0.29, 0.717) is 11.3 Å². The first-order valence-electron chi connectivity index (χ1n) is 7.48. The second-order valence-electron chi connectivity index (χ2n) is 5.02. The van der Waals surface area contributed by atoms with Crippen molar-refractivity contribution in [3.63, 3.8) is 0 Å². The Kier molecular flexibility index (Phi) is 5.35. The average molecular weight is 315 g/mol. The van der Waals surface area contributed by atoms with E-state index in [-0.39, 0.29) is 17.3 Å². The van der Waals surface area contributed by atoms with Gasteiger partial charge in [-0.2, -0.15) is 5.10 Å². The van der Waals surface area contributed by atoms with Gasteiger partial charge in [0.25, 0.3) is 5.56 Å². The maximum Gasteiger partial charge on any atom is 0.252 e. The largest absolute Gasteiger partial charge is 0.507 e. The van der Waals surface area contributed by atoms with Gasteiger partial charge in [-0.1, -0.05) is 0 Å². The molecule has 122 valence electrons. The summed E-state index contributed by atoms with van der Waals surface area (Å²) in [7, 11) is 0. The van der Waals surface area contributed by atoms with E-state index >= 15 is 0 Å². The van der Waals surface area contributed by atoms with Crippen molar-refractivity contribution in [1.29, 1.82) is 0 Å². The van der Waals surface area contributed by atoms with Gasteiger partial charge in [0.1, 0.15) is 5.75 Å². The minimum absolute atomic E-state index is 0.144. The van der Waals surface area contributed by atoms with Crippen molar-refractivity contribution < 1.29 is 5.11 Å². The molecule has 7 heteroatoms. The van der Waals surface area contributed by atoms with Crippen LogP contribution in [-0.4, -0.2) is 34.4 Å². The second kappa shape index (κ2) is 7.44. The molecule has 0 aliphatic carbocycles. The maximum atomic E-state index is 11.3. The number of hydrogen-bond acceptors (Lipinski definition) is 6. The molecule has 2 aromatic rings. The molecule has 0 unspecified atom stereocenters. The Morgan fingerprint density at radius 2 is 2.09 bits per heavy atom. The van der Waals surface area contributed by atoms with Crippen LogP contribution in [0, 0.1) is 6.92 Å². The molecule has 0 spiro atoms.